The second-order valence-corrected chi connectivity index (χ2v) is 5.83. The molecule has 0 aliphatic rings. The highest BCUT2D eigenvalue weighted by atomic mass is 32.1. The Labute approximate surface area is 131 Å². The van der Waals surface area contributed by atoms with Crippen LogP contribution in [0.1, 0.15) is 17.1 Å². The van der Waals surface area contributed by atoms with Crippen molar-refractivity contribution in [1.29, 1.82) is 0 Å². The number of amides is 1. The van der Waals surface area contributed by atoms with E-state index in [2.05, 4.69) is 10.1 Å². The van der Waals surface area contributed by atoms with Crippen molar-refractivity contribution in [3.8, 4) is 10.8 Å². The topological polar surface area (TPSA) is 72.4 Å². The van der Waals surface area contributed by atoms with Gasteiger partial charge >= 0.3 is 0 Å². The van der Waals surface area contributed by atoms with Crippen molar-refractivity contribution in [3.63, 3.8) is 0 Å². The fourth-order valence-electron chi connectivity index (χ4n) is 2.02. The van der Waals surface area contributed by atoms with Crippen LogP contribution in [0.4, 0.5) is 0 Å². The van der Waals surface area contributed by atoms with Crippen LogP contribution in [-0.2, 0) is 17.8 Å². The van der Waals surface area contributed by atoms with E-state index in [0.29, 0.717) is 6.54 Å². The second-order valence-electron chi connectivity index (χ2n) is 4.98. The summed E-state index contributed by atoms with van der Waals surface area (Å²) in [4.78, 5) is 18.3. The highest BCUT2D eigenvalue weighted by Gasteiger charge is 2.15. The van der Waals surface area contributed by atoms with Crippen molar-refractivity contribution in [2.75, 3.05) is 7.05 Å². The normalized spacial score (nSPS) is 10.8. The van der Waals surface area contributed by atoms with Gasteiger partial charge in [-0.1, -0.05) is 5.16 Å². The van der Waals surface area contributed by atoms with Gasteiger partial charge in [-0.25, -0.2) is 4.98 Å². The summed E-state index contributed by atoms with van der Waals surface area (Å²) in [6.45, 7) is 2.25. The van der Waals surface area contributed by atoms with E-state index >= 15 is 0 Å². The molecular weight excluding hydrogens is 302 g/mol. The molecule has 0 aliphatic heterocycles. The minimum Gasteiger partial charge on any atom is -0.462 e. The average Bonchev–Trinajstić information content (AvgIpc) is 3.20. The zero-order valence-electron chi connectivity index (χ0n) is 12.3. The molecule has 0 fully saturated rings. The molecule has 3 rings (SSSR count). The second kappa shape index (κ2) is 6.15. The number of aromatic nitrogens is 2. The maximum atomic E-state index is 12.2. The predicted octanol–water partition coefficient (Wildman–Crippen LogP) is 2.90. The summed E-state index contributed by atoms with van der Waals surface area (Å²) in [6.07, 6.45) is 1.86. The number of thiazole rings is 1. The minimum absolute atomic E-state index is 0.0167. The molecule has 0 bridgehead atoms. The number of likely N-dealkylation sites (N-methyl/N-ethyl adjacent to an activating group) is 1. The van der Waals surface area contributed by atoms with Gasteiger partial charge in [-0.3, -0.25) is 4.79 Å². The third-order valence-electron chi connectivity index (χ3n) is 3.12. The summed E-state index contributed by atoms with van der Waals surface area (Å²) in [5.74, 6) is 1.44. The number of carbonyl (C=O) groups excluding carboxylic acids is 1. The molecule has 0 aliphatic carbocycles. The number of rotatable bonds is 5. The molecule has 114 valence electrons. The van der Waals surface area contributed by atoms with Gasteiger partial charge in [0, 0.05) is 18.5 Å². The maximum absolute atomic E-state index is 12.2. The van der Waals surface area contributed by atoms with Gasteiger partial charge in [0.25, 0.3) is 0 Å². The number of nitrogens with zero attached hydrogens (tertiary/aromatic N) is 3. The summed E-state index contributed by atoms with van der Waals surface area (Å²) in [6, 6.07) is 5.49. The largest absolute Gasteiger partial charge is 0.462 e. The van der Waals surface area contributed by atoms with Crippen LogP contribution in [0.2, 0.25) is 0 Å². The van der Waals surface area contributed by atoms with Crippen LogP contribution in [0.15, 0.2) is 38.8 Å². The Morgan fingerprint density at radius 2 is 2.27 bits per heavy atom. The van der Waals surface area contributed by atoms with E-state index in [0.717, 1.165) is 27.9 Å². The summed E-state index contributed by atoms with van der Waals surface area (Å²) in [5.41, 5.74) is 1.48. The van der Waals surface area contributed by atoms with Crippen molar-refractivity contribution in [2.45, 2.75) is 19.9 Å². The highest BCUT2D eigenvalue weighted by Crippen LogP contribution is 2.24. The van der Waals surface area contributed by atoms with Gasteiger partial charge < -0.3 is 13.8 Å². The number of furan rings is 1. The Bertz CT molecular complexity index is 761. The van der Waals surface area contributed by atoms with E-state index in [1.54, 1.807) is 18.2 Å². The minimum atomic E-state index is -0.0167. The van der Waals surface area contributed by atoms with Crippen LogP contribution >= 0.6 is 11.3 Å². The zero-order valence-corrected chi connectivity index (χ0v) is 13.1. The van der Waals surface area contributed by atoms with Crippen molar-refractivity contribution in [3.05, 3.63) is 47.0 Å². The Kier molecular flexibility index (Phi) is 4.06. The summed E-state index contributed by atoms with van der Waals surface area (Å²) in [7, 11) is 1.74. The van der Waals surface area contributed by atoms with Crippen LogP contribution in [0.25, 0.3) is 10.8 Å². The molecule has 0 N–H and O–H groups in total. The predicted molar refractivity (Wildman–Crippen MR) is 81.2 cm³/mol. The fraction of sp³-hybridized carbons (Fsp3) is 0.267. The molecule has 7 heteroatoms. The lowest BCUT2D eigenvalue weighted by molar-refractivity contribution is -0.129. The third kappa shape index (κ3) is 3.25. The molecule has 0 aromatic carbocycles. The molecule has 0 atom stereocenters. The fourth-order valence-corrected chi connectivity index (χ4v) is 2.80. The van der Waals surface area contributed by atoms with Crippen LogP contribution < -0.4 is 0 Å². The van der Waals surface area contributed by atoms with Crippen LogP contribution in [0.5, 0.6) is 0 Å². The van der Waals surface area contributed by atoms with E-state index in [4.69, 9.17) is 8.94 Å². The third-order valence-corrected chi connectivity index (χ3v) is 4.02. The van der Waals surface area contributed by atoms with Gasteiger partial charge in [-0.15, -0.1) is 11.3 Å². The first kappa shape index (κ1) is 14.5. The Morgan fingerprint density at radius 3 is 2.95 bits per heavy atom. The molecule has 3 heterocycles. The van der Waals surface area contributed by atoms with Gasteiger partial charge in [0.2, 0.25) is 5.91 Å². The quantitative estimate of drug-likeness (QED) is 0.723. The summed E-state index contributed by atoms with van der Waals surface area (Å²) >= 11 is 1.47. The molecule has 1 amide bonds. The molecule has 0 radical (unpaired) electrons. The SMILES string of the molecule is Cc1cc(CN(C)C(=O)Cc2csc(-c3ccco3)n2)no1. The lowest BCUT2D eigenvalue weighted by Gasteiger charge is -2.14. The number of hydrogen-bond donors (Lipinski definition) is 0. The lowest BCUT2D eigenvalue weighted by Crippen LogP contribution is -2.27. The van der Waals surface area contributed by atoms with Crippen molar-refractivity contribution >= 4 is 17.2 Å². The van der Waals surface area contributed by atoms with Crippen LogP contribution in [0.3, 0.4) is 0 Å². The van der Waals surface area contributed by atoms with Gasteiger partial charge in [0.1, 0.15) is 11.5 Å². The highest BCUT2D eigenvalue weighted by molar-refractivity contribution is 7.13. The monoisotopic (exact) mass is 317 g/mol. The van der Waals surface area contributed by atoms with Gasteiger partial charge in [0.15, 0.2) is 10.8 Å². The molecule has 6 nitrogen and oxygen atoms in total. The van der Waals surface area contributed by atoms with E-state index < -0.39 is 0 Å². The lowest BCUT2D eigenvalue weighted by atomic mass is 10.3. The molecule has 0 unspecified atom stereocenters. The average molecular weight is 317 g/mol. The Morgan fingerprint density at radius 1 is 1.41 bits per heavy atom. The number of hydrogen-bond acceptors (Lipinski definition) is 6. The van der Waals surface area contributed by atoms with Crippen LogP contribution in [0, 0.1) is 6.92 Å². The Balaban J connectivity index is 1.61. The first-order valence-corrected chi connectivity index (χ1v) is 7.64. The first-order valence-electron chi connectivity index (χ1n) is 6.76. The Hall–Kier alpha value is -2.41. The molecular formula is C15H15N3O3S. The summed E-state index contributed by atoms with van der Waals surface area (Å²) in [5, 5.41) is 6.55. The molecule has 3 aromatic heterocycles. The van der Waals surface area contributed by atoms with Crippen molar-refractivity contribution in [1.82, 2.24) is 15.0 Å². The standard InChI is InChI=1S/C15H15N3O3S/c1-10-6-11(17-21-10)8-18(2)14(19)7-12-9-22-15(16-12)13-4-3-5-20-13/h3-6,9H,7-8H2,1-2H3. The van der Waals surface area contributed by atoms with Gasteiger partial charge in [-0.2, -0.15) is 0 Å². The van der Waals surface area contributed by atoms with Gasteiger partial charge in [-0.05, 0) is 19.1 Å². The van der Waals surface area contributed by atoms with E-state index in [9.17, 15) is 4.79 Å². The molecule has 0 saturated carbocycles. The van der Waals surface area contributed by atoms with E-state index in [1.165, 1.54) is 11.3 Å². The van der Waals surface area contributed by atoms with E-state index in [1.807, 2.05) is 30.5 Å². The first-order chi connectivity index (χ1) is 10.6. The molecule has 22 heavy (non-hydrogen) atoms. The number of carbonyl (C=O) groups is 1. The zero-order chi connectivity index (χ0) is 15.5. The molecule has 3 aromatic rings. The smallest absolute Gasteiger partial charge is 0.228 e. The van der Waals surface area contributed by atoms with Crippen molar-refractivity contribution in [2.24, 2.45) is 0 Å². The molecule has 0 spiro atoms. The van der Waals surface area contributed by atoms with Crippen molar-refractivity contribution < 1.29 is 13.7 Å². The van der Waals surface area contributed by atoms with Crippen LogP contribution in [-0.4, -0.2) is 28.0 Å². The number of aryl methyl sites for hydroxylation is 1. The van der Waals surface area contributed by atoms with Gasteiger partial charge in [0.05, 0.1) is 24.9 Å². The summed E-state index contributed by atoms with van der Waals surface area (Å²) < 4.78 is 10.3. The maximum Gasteiger partial charge on any atom is 0.228 e. The van der Waals surface area contributed by atoms with E-state index in [-0.39, 0.29) is 12.3 Å². The molecule has 0 saturated heterocycles.